The second-order valence-corrected chi connectivity index (χ2v) is 3.53. The van der Waals surface area contributed by atoms with Crippen molar-refractivity contribution in [2.45, 2.75) is 26.2 Å². The third-order valence-corrected chi connectivity index (χ3v) is 2.18. The topological polar surface area (TPSA) is 52.1 Å². The van der Waals surface area contributed by atoms with Crippen LogP contribution in [0.15, 0.2) is 12.4 Å². The van der Waals surface area contributed by atoms with Gasteiger partial charge in [-0.05, 0) is 30.0 Å². The van der Waals surface area contributed by atoms with Gasteiger partial charge in [0.1, 0.15) is 0 Å². The number of nitrogens with zero attached hydrogens (tertiary/aromatic N) is 2. The van der Waals surface area contributed by atoms with E-state index in [0.29, 0.717) is 13.0 Å². The van der Waals surface area contributed by atoms with E-state index < -0.39 is 0 Å². The Bertz CT molecular complexity index is 327. The summed E-state index contributed by atoms with van der Waals surface area (Å²) in [6, 6.07) is 0. The highest BCUT2D eigenvalue weighted by atomic mass is 35.5. The second kappa shape index (κ2) is 5.66. The average molecular weight is 229 g/mol. The lowest BCUT2D eigenvalue weighted by atomic mass is 10.0. The minimum Gasteiger partial charge on any atom is -0.466 e. The predicted octanol–water partition coefficient (Wildman–Crippen LogP) is 2.19. The van der Waals surface area contributed by atoms with Gasteiger partial charge >= 0.3 is 5.97 Å². The zero-order valence-electron chi connectivity index (χ0n) is 8.74. The minimum absolute atomic E-state index is 0.0429. The van der Waals surface area contributed by atoms with Gasteiger partial charge in [0.15, 0.2) is 0 Å². The fourth-order valence-electron chi connectivity index (χ4n) is 1.16. The maximum absolute atomic E-state index is 11.2. The lowest BCUT2D eigenvalue weighted by molar-refractivity contribution is -0.143. The van der Waals surface area contributed by atoms with Crippen LogP contribution in [0.3, 0.4) is 0 Å². The first-order valence-corrected chi connectivity index (χ1v) is 5.14. The molecule has 0 N–H and O–H groups in total. The maximum atomic E-state index is 11.2. The molecule has 1 unspecified atom stereocenters. The Labute approximate surface area is 93.6 Å². The Morgan fingerprint density at radius 3 is 2.67 bits per heavy atom. The summed E-state index contributed by atoms with van der Waals surface area (Å²) in [5.74, 6) is -0.165. The molecule has 0 bridgehead atoms. The fraction of sp³-hybridized carbons (Fsp3) is 0.500. The van der Waals surface area contributed by atoms with Gasteiger partial charge in [-0.25, -0.2) is 9.97 Å². The Balaban J connectivity index is 2.57. The average Bonchev–Trinajstić information content (AvgIpc) is 2.18. The van der Waals surface area contributed by atoms with Crippen LogP contribution < -0.4 is 0 Å². The van der Waals surface area contributed by atoms with E-state index in [9.17, 15) is 4.79 Å². The summed E-state index contributed by atoms with van der Waals surface area (Å²) in [6.07, 6.45) is 3.58. The molecule has 15 heavy (non-hydrogen) atoms. The van der Waals surface area contributed by atoms with Gasteiger partial charge in [-0.1, -0.05) is 6.92 Å². The van der Waals surface area contributed by atoms with Crippen LogP contribution in [-0.4, -0.2) is 22.5 Å². The van der Waals surface area contributed by atoms with Crippen molar-refractivity contribution in [1.82, 2.24) is 9.97 Å². The minimum atomic E-state index is -0.208. The fourth-order valence-corrected chi connectivity index (χ4v) is 1.26. The molecule has 0 aromatic carbocycles. The van der Waals surface area contributed by atoms with Crippen molar-refractivity contribution in [3.05, 3.63) is 23.2 Å². The molecular formula is C10H13ClN2O2. The van der Waals surface area contributed by atoms with Crippen LogP contribution in [0.5, 0.6) is 0 Å². The Morgan fingerprint density at radius 1 is 1.53 bits per heavy atom. The van der Waals surface area contributed by atoms with Gasteiger partial charge in [-0.2, -0.15) is 0 Å². The van der Waals surface area contributed by atoms with Gasteiger partial charge in [0.25, 0.3) is 0 Å². The molecule has 0 spiro atoms. The molecule has 0 radical (unpaired) electrons. The standard InChI is InChI=1S/C10H13ClN2O2/c1-3-15-9(14)4-7(2)8-5-12-10(11)13-6-8/h5-7H,3-4H2,1-2H3. The van der Waals surface area contributed by atoms with E-state index in [1.54, 1.807) is 19.3 Å². The predicted molar refractivity (Wildman–Crippen MR) is 56.7 cm³/mol. The molecule has 4 nitrogen and oxygen atoms in total. The maximum Gasteiger partial charge on any atom is 0.306 e. The lowest BCUT2D eigenvalue weighted by Crippen LogP contribution is -2.08. The number of ether oxygens (including phenoxy) is 1. The highest BCUT2D eigenvalue weighted by Gasteiger charge is 2.12. The monoisotopic (exact) mass is 228 g/mol. The zero-order chi connectivity index (χ0) is 11.3. The van der Waals surface area contributed by atoms with Crippen LogP contribution in [0.4, 0.5) is 0 Å². The summed E-state index contributed by atoms with van der Waals surface area (Å²) in [5, 5.41) is 0.210. The first-order chi connectivity index (χ1) is 7.13. The van der Waals surface area contributed by atoms with E-state index in [1.165, 1.54) is 0 Å². The molecule has 0 aliphatic heterocycles. The van der Waals surface area contributed by atoms with Gasteiger partial charge < -0.3 is 4.74 Å². The molecule has 0 aliphatic rings. The first-order valence-electron chi connectivity index (χ1n) is 4.76. The molecule has 1 heterocycles. The third kappa shape index (κ3) is 3.83. The lowest BCUT2D eigenvalue weighted by Gasteiger charge is -2.09. The van der Waals surface area contributed by atoms with E-state index in [1.807, 2.05) is 6.92 Å². The SMILES string of the molecule is CCOC(=O)CC(C)c1cnc(Cl)nc1. The summed E-state index contributed by atoms with van der Waals surface area (Å²) in [4.78, 5) is 18.9. The summed E-state index contributed by atoms with van der Waals surface area (Å²) >= 11 is 5.56. The van der Waals surface area contributed by atoms with Gasteiger partial charge in [0, 0.05) is 12.4 Å². The molecule has 0 fully saturated rings. The molecule has 5 heteroatoms. The largest absolute Gasteiger partial charge is 0.466 e. The quantitative estimate of drug-likeness (QED) is 0.586. The van der Waals surface area contributed by atoms with Gasteiger partial charge in [-0.3, -0.25) is 4.79 Å². The van der Waals surface area contributed by atoms with E-state index in [0.717, 1.165) is 5.56 Å². The van der Waals surface area contributed by atoms with E-state index in [-0.39, 0.29) is 17.2 Å². The molecule has 1 aromatic rings. The Morgan fingerprint density at radius 2 is 2.13 bits per heavy atom. The number of aromatic nitrogens is 2. The van der Waals surface area contributed by atoms with E-state index in [2.05, 4.69) is 9.97 Å². The highest BCUT2D eigenvalue weighted by Crippen LogP contribution is 2.18. The van der Waals surface area contributed by atoms with Crippen LogP contribution >= 0.6 is 11.6 Å². The van der Waals surface area contributed by atoms with E-state index in [4.69, 9.17) is 16.3 Å². The van der Waals surface area contributed by atoms with Crippen molar-refractivity contribution in [3.63, 3.8) is 0 Å². The van der Waals surface area contributed by atoms with Crippen molar-refractivity contribution in [2.24, 2.45) is 0 Å². The van der Waals surface area contributed by atoms with E-state index >= 15 is 0 Å². The summed E-state index contributed by atoms with van der Waals surface area (Å²) in [7, 11) is 0. The number of esters is 1. The number of halogens is 1. The molecule has 1 rings (SSSR count). The number of carbonyl (C=O) groups excluding carboxylic acids is 1. The second-order valence-electron chi connectivity index (χ2n) is 3.20. The molecule has 0 saturated carbocycles. The van der Waals surface area contributed by atoms with Crippen LogP contribution in [0, 0.1) is 0 Å². The first kappa shape index (κ1) is 11.9. The zero-order valence-corrected chi connectivity index (χ0v) is 9.49. The summed E-state index contributed by atoms with van der Waals surface area (Å²) in [6.45, 7) is 4.11. The molecule has 1 aromatic heterocycles. The number of carbonyl (C=O) groups is 1. The Kier molecular flexibility index (Phi) is 4.49. The van der Waals surface area contributed by atoms with Gasteiger partial charge in [0.05, 0.1) is 13.0 Å². The van der Waals surface area contributed by atoms with Gasteiger partial charge in [-0.15, -0.1) is 0 Å². The van der Waals surface area contributed by atoms with Crippen molar-refractivity contribution in [2.75, 3.05) is 6.61 Å². The van der Waals surface area contributed by atoms with Crippen molar-refractivity contribution in [3.8, 4) is 0 Å². The van der Waals surface area contributed by atoms with Gasteiger partial charge in [0.2, 0.25) is 5.28 Å². The summed E-state index contributed by atoms with van der Waals surface area (Å²) in [5.41, 5.74) is 0.882. The van der Waals surface area contributed by atoms with Crippen LogP contribution in [0.1, 0.15) is 31.7 Å². The molecule has 0 saturated heterocycles. The van der Waals surface area contributed by atoms with Crippen molar-refractivity contribution < 1.29 is 9.53 Å². The molecule has 0 amide bonds. The normalized spacial score (nSPS) is 12.2. The Hall–Kier alpha value is -1.16. The third-order valence-electron chi connectivity index (χ3n) is 1.99. The van der Waals surface area contributed by atoms with Crippen LogP contribution in [0.25, 0.3) is 0 Å². The number of rotatable bonds is 4. The number of hydrogen-bond acceptors (Lipinski definition) is 4. The van der Waals surface area contributed by atoms with Crippen LogP contribution in [0.2, 0.25) is 5.28 Å². The molecule has 0 aliphatic carbocycles. The molecular weight excluding hydrogens is 216 g/mol. The van der Waals surface area contributed by atoms with Crippen LogP contribution in [-0.2, 0) is 9.53 Å². The van der Waals surface area contributed by atoms with Crippen molar-refractivity contribution in [1.29, 1.82) is 0 Å². The number of hydrogen-bond donors (Lipinski definition) is 0. The van der Waals surface area contributed by atoms with Crippen molar-refractivity contribution >= 4 is 17.6 Å². The molecule has 82 valence electrons. The highest BCUT2D eigenvalue weighted by molar-refractivity contribution is 6.28. The summed E-state index contributed by atoms with van der Waals surface area (Å²) < 4.78 is 4.85. The molecule has 1 atom stereocenters. The smallest absolute Gasteiger partial charge is 0.306 e.